The minimum atomic E-state index is -0.718. The number of H-pyrrole nitrogens is 1. The first-order valence-electron chi connectivity index (χ1n) is 5.30. The van der Waals surface area contributed by atoms with Crippen LogP contribution in [0.5, 0.6) is 5.75 Å². The quantitative estimate of drug-likeness (QED) is 0.708. The summed E-state index contributed by atoms with van der Waals surface area (Å²) >= 11 is 5.62. The second-order valence-electron chi connectivity index (χ2n) is 3.85. The van der Waals surface area contributed by atoms with Crippen LogP contribution in [0.4, 0.5) is 0 Å². The van der Waals surface area contributed by atoms with Gasteiger partial charge in [-0.1, -0.05) is 6.07 Å². The Morgan fingerprint density at radius 3 is 2.68 bits per heavy atom. The van der Waals surface area contributed by atoms with Gasteiger partial charge in [0.15, 0.2) is 5.22 Å². The number of aromatic hydroxyl groups is 1. The summed E-state index contributed by atoms with van der Waals surface area (Å²) in [5.41, 5.74) is -1.22. The first-order valence-corrected chi connectivity index (χ1v) is 5.68. The summed E-state index contributed by atoms with van der Waals surface area (Å²) in [6.07, 6.45) is 0. The van der Waals surface area contributed by atoms with E-state index in [0.29, 0.717) is 0 Å². The highest BCUT2D eigenvalue weighted by Crippen LogP contribution is 2.19. The van der Waals surface area contributed by atoms with Gasteiger partial charge in [0.1, 0.15) is 5.75 Å². The zero-order valence-corrected chi connectivity index (χ0v) is 10.1. The molecule has 0 spiro atoms. The molecule has 0 radical (unpaired) electrons. The third kappa shape index (κ3) is 1.73. The third-order valence-electron chi connectivity index (χ3n) is 2.69. The van der Waals surface area contributed by atoms with E-state index < -0.39 is 11.2 Å². The van der Waals surface area contributed by atoms with Crippen LogP contribution in [0, 0.1) is 0 Å². The van der Waals surface area contributed by atoms with E-state index in [1.54, 1.807) is 0 Å². The predicted molar refractivity (Wildman–Crippen MR) is 69.1 cm³/mol. The highest BCUT2D eigenvalue weighted by Gasteiger charge is 2.13. The molecule has 2 N–H and O–H groups in total. The average molecular weight is 279 g/mol. The lowest BCUT2D eigenvalue weighted by atomic mass is 10.2. The van der Waals surface area contributed by atoms with Crippen molar-refractivity contribution >= 4 is 22.5 Å². The van der Waals surface area contributed by atoms with Crippen molar-refractivity contribution in [3.63, 3.8) is 0 Å². The van der Waals surface area contributed by atoms with Crippen LogP contribution in [0.25, 0.3) is 16.8 Å². The molecular weight excluding hydrogens is 272 g/mol. The number of benzene rings is 1. The van der Waals surface area contributed by atoms with Crippen molar-refractivity contribution in [1.82, 2.24) is 9.55 Å². The molecule has 1 aromatic carbocycles. The van der Waals surface area contributed by atoms with Gasteiger partial charge in [0, 0.05) is 6.07 Å². The number of hydrogen-bond donors (Lipinski definition) is 2. The van der Waals surface area contributed by atoms with E-state index in [1.807, 2.05) is 0 Å². The van der Waals surface area contributed by atoms with Gasteiger partial charge in [0.2, 0.25) is 5.88 Å². The summed E-state index contributed by atoms with van der Waals surface area (Å²) in [5, 5.41) is 9.86. The molecule has 96 valence electrons. The normalized spacial score (nSPS) is 11.0. The molecule has 0 atom stereocenters. The number of halogens is 1. The second-order valence-corrected chi connectivity index (χ2v) is 4.22. The van der Waals surface area contributed by atoms with Gasteiger partial charge < -0.3 is 14.5 Å². The molecule has 19 heavy (non-hydrogen) atoms. The smallest absolute Gasteiger partial charge is 0.336 e. The number of para-hydroxylation sites is 1. The molecule has 0 amide bonds. The zero-order valence-electron chi connectivity index (χ0n) is 9.38. The van der Waals surface area contributed by atoms with Crippen LogP contribution in [0.2, 0.25) is 5.22 Å². The number of fused-ring (bicyclic) bond motifs is 1. The molecule has 6 nitrogen and oxygen atoms in total. The number of nitrogens with zero attached hydrogens (tertiary/aromatic N) is 1. The molecule has 0 aliphatic rings. The molecule has 2 aromatic heterocycles. The fraction of sp³-hybridized carbons (Fsp3) is 0. The maximum atomic E-state index is 12.2. The number of furan rings is 1. The molecule has 0 aliphatic carbocycles. The molecule has 0 bridgehead atoms. The van der Waals surface area contributed by atoms with E-state index in [2.05, 4.69) is 4.98 Å². The van der Waals surface area contributed by atoms with Crippen molar-refractivity contribution in [1.29, 1.82) is 0 Å². The number of rotatable bonds is 1. The van der Waals surface area contributed by atoms with Gasteiger partial charge in [-0.2, -0.15) is 4.57 Å². The fourth-order valence-electron chi connectivity index (χ4n) is 1.85. The van der Waals surface area contributed by atoms with Crippen molar-refractivity contribution < 1.29 is 9.52 Å². The molecular formula is C12H7ClN2O4. The highest BCUT2D eigenvalue weighted by atomic mass is 35.5. The van der Waals surface area contributed by atoms with E-state index in [0.717, 1.165) is 4.57 Å². The molecule has 0 aliphatic heterocycles. The SMILES string of the molecule is O=c1[nH]c2c(O)cccc2c(=O)n1-c1ccc(Cl)o1. The number of phenols is 1. The second kappa shape index (κ2) is 4.03. The zero-order chi connectivity index (χ0) is 13.6. The van der Waals surface area contributed by atoms with Gasteiger partial charge in [-0.05, 0) is 29.8 Å². The number of nitrogens with one attached hydrogen (secondary N) is 1. The molecule has 0 saturated carbocycles. The molecule has 2 heterocycles. The number of aromatic amines is 1. The number of phenolic OH excluding ortho intramolecular Hbond substituents is 1. The summed E-state index contributed by atoms with van der Waals surface area (Å²) in [5.74, 6) is -0.155. The minimum Gasteiger partial charge on any atom is -0.506 e. The lowest BCUT2D eigenvalue weighted by Crippen LogP contribution is -2.33. The first-order chi connectivity index (χ1) is 9.08. The van der Waals surface area contributed by atoms with Gasteiger partial charge in [0.25, 0.3) is 5.56 Å². The Morgan fingerprint density at radius 2 is 2.00 bits per heavy atom. The monoisotopic (exact) mass is 278 g/mol. The van der Waals surface area contributed by atoms with Crippen molar-refractivity contribution in [3.05, 3.63) is 56.4 Å². The Bertz CT molecular complexity index is 891. The van der Waals surface area contributed by atoms with Gasteiger partial charge >= 0.3 is 5.69 Å². The average Bonchev–Trinajstić information content (AvgIpc) is 2.77. The van der Waals surface area contributed by atoms with Crippen molar-refractivity contribution in [2.75, 3.05) is 0 Å². The minimum absolute atomic E-state index is 0.0153. The van der Waals surface area contributed by atoms with Crippen LogP contribution in [-0.4, -0.2) is 14.7 Å². The van der Waals surface area contributed by atoms with Crippen LogP contribution in [0.1, 0.15) is 0 Å². The molecule has 7 heteroatoms. The van der Waals surface area contributed by atoms with Crippen LogP contribution in [-0.2, 0) is 0 Å². The van der Waals surface area contributed by atoms with Gasteiger partial charge in [-0.25, -0.2) is 4.79 Å². The topological polar surface area (TPSA) is 88.2 Å². The lowest BCUT2D eigenvalue weighted by Gasteiger charge is -2.04. The Kier molecular flexibility index (Phi) is 2.46. The third-order valence-corrected chi connectivity index (χ3v) is 2.89. The summed E-state index contributed by atoms with van der Waals surface area (Å²) in [4.78, 5) is 26.6. The van der Waals surface area contributed by atoms with Crippen molar-refractivity contribution in [2.45, 2.75) is 0 Å². The maximum absolute atomic E-state index is 12.2. The molecule has 3 aromatic rings. The Balaban J connectivity index is 2.45. The molecule has 3 rings (SSSR count). The van der Waals surface area contributed by atoms with E-state index in [4.69, 9.17) is 16.0 Å². The summed E-state index contributed by atoms with van der Waals surface area (Å²) in [6.45, 7) is 0. The van der Waals surface area contributed by atoms with E-state index in [9.17, 15) is 14.7 Å². The fourth-order valence-corrected chi connectivity index (χ4v) is 1.99. The largest absolute Gasteiger partial charge is 0.506 e. The van der Waals surface area contributed by atoms with Crippen LogP contribution < -0.4 is 11.2 Å². The summed E-state index contributed by atoms with van der Waals surface area (Å²) in [6, 6.07) is 7.22. The maximum Gasteiger partial charge on any atom is 0.336 e. The molecule has 0 saturated heterocycles. The van der Waals surface area contributed by atoms with Crippen LogP contribution >= 0.6 is 11.6 Å². The lowest BCUT2D eigenvalue weighted by molar-refractivity contribution is 0.479. The van der Waals surface area contributed by atoms with E-state index in [-0.39, 0.29) is 27.8 Å². The summed E-state index contributed by atoms with van der Waals surface area (Å²) < 4.78 is 5.87. The first kappa shape index (κ1) is 11.6. The summed E-state index contributed by atoms with van der Waals surface area (Å²) in [7, 11) is 0. The van der Waals surface area contributed by atoms with Crippen LogP contribution in [0.3, 0.4) is 0 Å². The van der Waals surface area contributed by atoms with Crippen molar-refractivity contribution in [2.24, 2.45) is 0 Å². The van der Waals surface area contributed by atoms with Gasteiger partial charge in [-0.3, -0.25) is 4.79 Å². The highest BCUT2D eigenvalue weighted by molar-refractivity contribution is 6.28. The Labute approximate surface area is 110 Å². The molecule has 0 unspecified atom stereocenters. The van der Waals surface area contributed by atoms with E-state index in [1.165, 1.54) is 30.3 Å². The van der Waals surface area contributed by atoms with Gasteiger partial charge in [0.05, 0.1) is 10.9 Å². The predicted octanol–water partition coefficient (Wildman–Crippen LogP) is 1.63. The standard InChI is InChI=1S/C12H7ClN2O4/c13-8-4-5-9(19-8)15-11(17)6-2-1-3-7(16)10(6)14-12(15)18/h1-5,16H,(H,14,18). The van der Waals surface area contributed by atoms with E-state index >= 15 is 0 Å². The Hall–Kier alpha value is -2.47. The Morgan fingerprint density at radius 1 is 1.21 bits per heavy atom. The van der Waals surface area contributed by atoms with Crippen molar-refractivity contribution in [3.8, 4) is 11.6 Å². The number of hydrogen-bond acceptors (Lipinski definition) is 4. The van der Waals surface area contributed by atoms with Crippen LogP contribution in [0.15, 0.2) is 44.3 Å². The number of aromatic nitrogens is 2. The molecule has 0 fully saturated rings. The van der Waals surface area contributed by atoms with Gasteiger partial charge in [-0.15, -0.1) is 0 Å².